The number of aryl methyl sites for hydroxylation is 1. The van der Waals surface area contributed by atoms with Crippen LogP contribution >= 0.6 is 0 Å². The molecule has 3 aromatic rings. The van der Waals surface area contributed by atoms with Crippen molar-refractivity contribution in [2.75, 3.05) is 27.1 Å². The first kappa shape index (κ1) is 25.3. The predicted octanol–water partition coefficient (Wildman–Crippen LogP) is 3.98. The fourth-order valence-electron chi connectivity index (χ4n) is 3.24. The van der Waals surface area contributed by atoms with Crippen LogP contribution in [0.2, 0.25) is 0 Å². The molecule has 0 fully saturated rings. The van der Waals surface area contributed by atoms with Crippen LogP contribution < -0.4 is 14.3 Å². The Bertz CT molecular complexity index is 1320. The van der Waals surface area contributed by atoms with Crippen molar-refractivity contribution < 1.29 is 21.6 Å². The zero-order valence-electron chi connectivity index (χ0n) is 18.9. The van der Waals surface area contributed by atoms with Gasteiger partial charge in [0.15, 0.2) is 0 Å². The minimum absolute atomic E-state index is 0.0673. The van der Waals surface area contributed by atoms with Gasteiger partial charge in [-0.2, -0.15) is 0 Å². The van der Waals surface area contributed by atoms with Gasteiger partial charge in [0.1, 0.15) is 0 Å². The van der Waals surface area contributed by atoms with Gasteiger partial charge in [0, 0.05) is 24.3 Å². The van der Waals surface area contributed by atoms with E-state index in [9.17, 15) is 21.6 Å². The van der Waals surface area contributed by atoms with Gasteiger partial charge in [0.25, 0.3) is 10.0 Å². The molecule has 0 saturated carbocycles. The van der Waals surface area contributed by atoms with Gasteiger partial charge < -0.3 is 5.32 Å². The fourth-order valence-corrected chi connectivity index (χ4v) is 5.26. The van der Waals surface area contributed by atoms with Crippen LogP contribution in [0.4, 0.5) is 17.1 Å². The summed E-state index contributed by atoms with van der Waals surface area (Å²) >= 11 is 0. The number of nitrogens with zero attached hydrogens (tertiary/aromatic N) is 1. The van der Waals surface area contributed by atoms with Gasteiger partial charge in [-0.15, -0.1) is 0 Å². The summed E-state index contributed by atoms with van der Waals surface area (Å²) in [7, 11) is -7.24. The van der Waals surface area contributed by atoms with Gasteiger partial charge >= 0.3 is 0 Å². The molecular weight excluding hydrogens is 474 g/mol. The molecule has 0 saturated heterocycles. The number of carbonyl (C=O) groups is 1. The Kier molecular flexibility index (Phi) is 7.95. The van der Waals surface area contributed by atoms with E-state index in [0.717, 1.165) is 11.8 Å². The minimum atomic E-state index is -3.76. The van der Waals surface area contributed by atoms with Crippen LogP contribution in [0, 0.1) is 6.92 Å². The van der Waals surface area contributed by atoms with E-state index in [1.54, 1.807) is 42.5 Å². The van der Waals surface area contributed by atoms with Crippen molar-refractivity contribution in [2.45, 2.75) is 24.7 Å². The lowest BCUT2D eigenvalue weighted by molar-refractivity contribution is -0.116. The Balaban J connectivity index is 1.55. The number of nitrogens with one attached hydrogen (secondary N) is 2. The Morgan fingerprint density at radius 3 is 2.00 bits per heavy atom. The second-order valence-electron chi connectivity index (χ2n) is 7.82. The van der Waals surface area contributed by atoms with E-state index in [2.05, 4.69) is 10.0 Å². The zero-order valence-corrected chi connectivity index (χ0v) is 20.6. The summed E-state index contributed by atoms with van der Waals surface area (Å²) in [4.78, 5) is 12.4. The quantitative estimate of drug-likeness (QED) is 0.436. The highest BCUT2D eigenvalue weighted by Gasteiger charge is 2.18. The second-order valence-corrected chi connectivity index (χ2v) is 11.4. The highest BCUT2D eigenvalue weighted by Crippen LogP contribution is 2.20. The standard InChI is InChI=1S/C24H27N3O5S2/c1-19-10-12-21(13-11-19)26-34(31,32)23-16-14-20(15-17-23)25-24(28)9-6-18-27(33(2,29)30)22-7-4-3-5-8-22/h3-5,7-8,10-17,26H,6,9,18H2,1-2H3,(H,25,28). The Morgan fingerprint density at radius 1 is 0.824 bits per heavy atom. The SMILES string of the molecule is Cc1ccc(NS(=O)(=O)c2ccc(NC(=O)CCCN(c3ccccc3)S(C)(=O)=O)cc2)cc1. The topological polar surface area (TPSA) is 113 Å². The molecule has 0 bridgehead atoms. The molecule has 0 aliphatic carbocycles. The van der Waals surface area contributed by atoms with E-state index in [4.69, 9.17) is 0 Å². The Morgan fingerprint density at radius 2 is 1.41 bits per heavy atom. The van der Waals surface area contributed by atoms with Crippen LogP contribution in [-0.2, 0) is 24.8 Å². The number of amides is 1. The molecule has 0 aliphatic heterocycles. The van der Waals surface area contributed by atoms with Crippen molar-refractivity contribution in [2.24, 2.45) is 0 Å². The summed E-state index contributed by atoms with van der Waals surface area (Å²) in [5, 5.41) is 2.71. The summed E-state index contributed by atoms with van der Waals surface area (Å²) < 4.78 is 53.1. The van der Waals surface area contributed by atoms with E-state index >= 15 is 0 Å². The van der Waals surface area contributed by atoms with E-state index in [-0.39, 0.29) is 23.8 Å². The molecule has 34 heavy (non-hydrogen) atoms. The smallest absolute Gasteiger partial charge is 0.261 e. The normalized spacial score (nSPS) is 11.6. The van der Waals surface area contributed by atoms with Gasteiger partial charge in [-0.3, -0.25) is 13.8 Å². The molecule has 0 spiro atoms. The van der Waals surface area contributed by atoms with Gasteiger partial charge in [-0.05, 0) is 61.9 Å². The van der Waals surface area contributed by atoms with Crippen LogP contribution in [-0.4, -0.2) is 35.5 Å². The van der Waals surface area contributed by atoms with Crippen LogP contribution in [0.3, 0.4) is 0 Å². The van der Waals surface area contributed by atoms with Crippen molar-refractivity contribution >= 4 is 43.0 Å². The van der Waals surface area contributed by atoms with E-state index in [1.165, 1.54) is 28.6 Å². The van der Waals surface area contributed by atoms with Crippen LogP contribution in [0.5, 0.6) is 0 Å². The summed E-state index contributed by atoms with van der Waals surface area (Å²) in [5.74, 6) is -0.296. The van der Waals surface area contributed by atoms with Gasteiger partial charge in [0.2, 0.25) is 15.9 Å². The Hall–Kier alpha value is -3.37. The number of benzene rings is 3. The lowest BCUT2D eigenvalue weighted by Gasteiger charge is -2.22. The summed E-state index contributed by atoms with van der Waals surface area (Å²) in [5.41, 5.74) is 2.47. The summed E-state index contributed by atoms with van der Waals surface area (Å²) in [6.07, 6.45) is 1.55. The summed E-state index contributed by atoms with van der Waals surface area (Å²) in [6, 6.07) is 21.5. The molecule has 10 heteroatoms. The minimum Gasteiger partial charge on any atom is -0.326 e. The number of hydrogen-bond donors (Lipinski definition) is 2. The fraction of sp³-hybridized carbons (Fsp3) is 0.208. The van der Waals surface area contributed by atoms with Crippen molar-refractivity contribution in [1.29, 1.82) is 0 Å². The highest BCUT2D eigenvalue weighted by molar-refractivity contribution is 7.92. The third-order valence-corrected chi connectivity index (χ3v) is 7.55. The molecule has 1 amide bonds. The summed E-state index contributed by atoms with van der Waals surface area (Å²) in [6.45, 7) is 2.08. The molecule has 0 radical (unpaired) electrons. The third kappa shape index (κ3) is 7.06. The highest BCUT2D eigenvalue weighted by atomic mass is 32.2. The van der Waals surface area contributed by atoms with E-state index in [1.807, 2.05) is 19.1 Å². The van der Waals surface area contributed by atoms with Crippen molar-refractivity contribution in [3.05, 3.63) is 84.4 Å². The first-order valence-corrected chi connectivity index (χ1v) is 13.9. The first-order valence-electron chi connectivity index (χ1n) is 10.6. The number of carbonyl (C=O) groups excluding carboxylic acids is 1. The largest absolute Gasteiger partial charge is 0.326 e. The lowest BCUT2D eigenvalue weighted by Crippen LogP contribution is -2.31. The van der Waals surface area contributed by atoms with Crippen molar-refractivity contribution in [3.63, 3.8) is 0 Å². The molecule has 180 valence electrons. The molecule has 0 atom stereocenters. The number of sulfonamides is 2. The van der Waals surface area contributed by atoms with E-state index < -0.39 is 20.0 Å². The molecular formula is C24H27N3O5S2. The lowest BCUT2D eigenvalue weighted by atomic mass is 10.2. The second kappa shape index (κ2) is 10.7. The predicted molar refractivity (Wildman–Crippen MR) is 135 cm³/mol. The van der Waals surface area contributed by atoms with Crippen LogP contribution in [0.15, 0.2) is 83.8 Å². The molecule has 0 heterocycles. The van der Waals surface area contributed by atoms with Crippen LogP contribution in [0.25, 0.3) is 0 Å². The van der Waals surface area contributed by atoms with Gasteiger partial charge in [-0.1, -0.05) is 35.9 Å². The molecule has 2 N–H and O–H groups in total. The van der Waals surface area contributed by atoms with Crippen molar-refractivity contribution in [3.8, 4) is 0 Å². The number of rotatable bonds is 10. The molecule has 0 aliphatic rings. The average molecular weight is 502 g/mol. The van der Waals surface area contributed by atoms with Crippen molar-refractivity contribution in [1.82, 2.24) is 0 Å². The average Bonchev–Trinajstić information content (AvgIpc) is 2.78. The maximum Gasteiger partial charge on any atom is 0.261 e. The molecule has 0 unspecified atom stereocenters. The molecule has 3 rings (SSSR count). The molecule has 0 aromatic heterocycles. The van der Waals surface area contributed by atoms with E-state index in [0.29, 0.717) is 23.5 Å². The zero-order chi connectivity index (χ0) is 24.8. The maximum atomic E-state index is 12.6. The molecule has 8 nitrogen and oxygen atoms in total. The third-order valence-electron chi connectivity index (χ3n) is 4.96. The monoisotopic (exact) mass is 501 g/mol. The number of anilines is 3. The molecule has 3 aromatic carbocycles. The van der Waals surface area contributed by atoms with Crippen LogP contribution in [0.1, 0.15) is 18.4 Å². The number of hydrogen-bond acceptors (Lipinski definition) is 5. The van der Waals surface area contributed by atoms with Gasteiger partial charge in [-0.25, -0.2) is 16.8 Å². The maximum absolute atomic E-state index is 12.6. The number of para-hydroxylation sites is 1. The van der Waals surface area contributed by atoms with Gasteiger partial charge in [0.05, 0.1) is 16.8 Å². The Labute approximate surface area is 200 Å². The first-order chi connectivity index (χ1) is 16.0.